The summed E-state index contributed by atoms with van der Waals surface area (Å²) in [6, 6.07) is 5.67. The number of aliphatic hydroxyl groups is 1. The predicted octanol–water partition coefficient (Wildman–Crippen LogP) is 2.47. The first-order chi connectivity index (χ1) is 10.3. The monoisotopic (exact) mass is 289 g/mol. The van der Waals surface area contributed by atoms with Crippen LogP contribution in [0.5, 0.6) is 11.5 Å². The van der Waals surface area contributed by atoms with E-state index in [0.717, 1.165) is 41.4 Å². The van der Waals surface area contributed by atoms with Crippen LogP contribution in [0, 0.1) is 17.8 Å². The average Bonchev–Trinajstić information content (AvgIpc) is 3.22. The van der Waals surface area contributed by atoms with Gasteiger partial charge in [-0.3, -0.25) is 0 Å². The summed E-state index contributed by atoms with van der Waals surface area (Å²) in [6.45, 7) is 1.92. The first-order valence-corrected chi connectivity index (χ1v) is 8.08. The fourth-order valence-corrected chi connectivity index (χ4v) is 4.27. The molecule has 1 aromatic carbocycles. The Morgan fingerprint density at radius 1 is 1.19 bits per heavy atom. The second-order valence-corrected chi connectivity index (χ2v) is 6.72. The highest BCUT2D eigenvalue weighted by molar-refractivity contribution is 5.45. The van der Waals surface area contributed by atoms with Gasteiger partial charge in [0.2, 0.25) is 6.79 Å². The zero-order valence-corrected chi connectivity index (χ0v) is 12.3. The standard InChI is InChI=1S/C17H23NO3/c19-15(13-3-4-16-17(7-13)21-10-20-16)9-18-8-14-6-11-1-2-12(14)5-11/h3-4,7,11-12,14-15,18-19H,1-2,5-6,8-10H2. The van der Waals surface area contributed by atoms with Crippen LogP contribution in [0.2, 0.25) is 0 Å². The fourth-order valence-electron chi connectivity index (χ4n) is 4.27. The molecular weight excluding hydrogens is 266 g/mol. The van der Waals surface area contributed by atoms with Crippen LogP contribution in [0.4, 0.5) is 0 Å². The number of ether oxygens (including phenoxy) is 2. The van der Waals surface area contributed by atoms with Crippen molar-refractivity contribution in [3.05, 3.63) is 23.8 Å². The number of rotatable bonds is 5. The maximum Gasteiger partial charge on any atom is 0.231 e. The Labute approximate surface area is 125 Å². The van der Waals surface area contributed by atoms with Crippen LogP contribution in [0.3, 0.4) is 0 Å². The molecule has 3 aliphatic rings. The van der Waals surface area contributed by atoms with Crippen LogP contribution in [-0.2, 0) is 0 Å². The van der Waals surface area contributed by atoms with Gasteiger partial charge in [0.15, 0.2) is 11.5 Å². The van der Waals surface area contributed by atoms with Crippen molar-refractivity contribution in [2.45, 2.75) is 31.8 Å². The number of hydrogen-bond acceptors (Lipinski definition) is 4. The molecule has 0 spiro atoms. The third-order valence-electron chi connectivity index (χ3n) is 5.41. The van der Waals surface area contributed by atoms with Crippen molar-refractivity contribution < 1.29 is 14.6 Å². The van der Waals surface area contributed by atoms with Crippen LogP contribution in [0.1, 0.15) is 37.4 Å². The molecule has 2 N–H and O–H groups in total. The van der Waals surface area contributed by atoms with Crippen molar-refractivity contribution in [2.75, 3.05) is 19.9 Å². The molecule has 2 aliphatic carbocycles. The molecule has 4 heteroatoms. The Hall–Kier alpha value is -1.26. The quantitative estimate of drug-likeness (QED) is 0.874. The highest BCUT2D eigenvalue weighted by Gasteiger charge is 2.38. The van der Waals surface area contributed by atoms with E-state index in [-0.39, 0.29) is 6.79 Å². The smallest absolute Gasteiger partial charge is 0.231 e. The molecule has 1 aromatic rings. The Balaban J connectivity index is 1.29. The maximum atomic E-state index is 10.3. The minimum atomic E-state index is -0.488. The van der Waals surface area contributed by atoms with Crippen LogP contribution in [-0.4, -0.2) is 25.0 Å². The molecule has 0 saturated heterocycles. The first-order valence-electron chi connectivity index (χ1n) is 8.08. The summed E-state index contributed by atoms with van der Waals surface area (Å²) in [4.78, 5) is 0. The van der Waals surface area contributed by atoms with E-state index in [0.29, 0.717) is 6.54 Å². The normalized spacial score (nSPS) is 30.8. The molecule has 1 aliphatic heterocycles. The van der Waals surface area contributed by atoms with Gasteiger partial charge < -0.3 is 19.9 Å². The van der Waals surface area contributed by atoms with Crippen molar-refractivity contribution in [1.82, 2.24) is 5.32 Å². The number of nitrogens with one attached hydrogen (secondary N) is 1. The molecule has 2 bridgehead atoms. The highest BCUT2D eigenvalue weighted by atomic mass is 16.7. The molecule has 21 heavy (non-hydrogen) atoms. The van der Waals surface area contributed by atoms with Gasteiger partial charge in [0.25, 0.3) is 0 Å². The largest absolute Gasteiger partial charge is 0.454 e. The summed E-state index contributed by atoms with van der Waals surface area (Å²) in [5.41, 5.74) is 0.889. The van der Waals surface area contributed by atoms with Gasteiger partial charge in [0.05, 0.1) is 6.10 Å². The first kappa shape index (κ1) is 13.4. The Morgan fingerprint density at radius 2 is 2.10 bits per heavy atom. The summed E-state index contributed by atoms with van der Waals surface area (Å²) < 4.78 is 10.6. The van der Waals surface area contributed by atoms with Gasteiger partial charge in [-0.2, -0.15) is 0 Å². The van der Waals surface area contributed by atoms with Gasteiger partial charge in [-0.15, -0.1) is 0 Å². The molecule has 4 nitrogen and oxygen atoms in total. The molecule has 2 saturated carbocycles. The van der Waals surface area contributed by atoms with Crippen LogP contribution < -0.4 is 14.8 Å². The Bertz CT molecular complexity index is 519. The van der Waals surface area contributed by atoms with E-state index < -0.39 is 6.10 Å². The lowest BCUT2D eigenvalue weighted by Crippen LogP contribution is -2.29. The Kier molecular flexibility index (Phi) is 3.51. The molecule has 0 radical (unpaired) electrons. The van der Waals surface area contributed by atoms with Crippen molar-refractivity contribution in [2.24, 2.45) is 17.8 Å². The minimum absolute atomic E-state index is 0.275. The second kappa shape index (κ2) is 5.50. The van der Waals surface area contributed by atoms with Crippen LogP contribution in [0.25, 0.3) is 0 Å². The van der Waals surface area contributed by atoms with Gasteiger partial charge in [-0.1, -0.05) is 12.5 Å². The van der Waals surface area contributed by atoms with Crippen molar-refractivity contribution >= 4 is 0 Å². The summed E-state index contributed by atoms with van der Waals surface area (Å²) >= 11 is 0. The lowest BCUT2D eigenvalue weighted by atomic mass is 9.89. The van der Waals surface area contributed by atoms with Gasteiger partial charge in [-0.05, 0) is 61.3 Å². The second-order valence-electron chi connectivity index (χ2n) is 6.72. The Morgan fingerprint density at radius 3 is 2.90 bits per heavy atom. The van der Waals surface area contributed by atoms with Crippen molar-refractivity contribution in [1.29, 1.82) is 0 Å². The molecule has 0 aromatic heterocycles. The molecule has 114 valence electrons. The molecule has 1 heterocycles. The van der Waals surface area contributed by atoms with Crippen LogP contribution in [0.15, 0.2) is 18.2 Å². The number of hydrogen-bond donors (Lipinski definition) is 2. The summed E-state index contributed by atoms with van der Waals surface area (Å²) in [7, 11) is 0. The maximum absolute atomic E-state index is 10.3. The summed E-state index contributed by atoms with van der Waals surface area (Å²) in [5.74, 6) is 4.25. The lowest BCUT2D eigenvalue weighted by molar-refractivity contribution is 0.167. The lowest BCUT2D eigenvalue weighted by Gasteiger charge is -2.22. The third-order valence-corrected chi connectivity index (χ3v) is 5.41. The summed E-state index contributed by atoms with van der Waals surface area (Å²) in [6.07, 6.45) is 5.20. The number of benzene rings is 1. The van der Waals surface area contributed by atoms with Crippen molar-refractivity contribution in [3.8, 4) is 11.5 Å². The zero-order valence-electron chi connectivity index (χ0n) is 12.3. The predicted molar refractivity (Wildman–Crippen MR) is 79.3 cm³/mol. The van der Waals surface area contributed by atoms with E-state index in [4.69, 9.17) is 9.47 Å². The minimum Gasteiger partial charge on any atom is -0.454 e. The van der Waals surface area contributed by atoms with E-state index in [1.807, 2.05) is 18.2 Å². The SMILES string of the molecule is OC(CNCC1CC2CCC1C2)c1ccc2c(c1)OCO2. The molecule has 4 unspecified atom stereocenters. The third kappa shape index (κ3) is 2.62. The molecule has 2 fully saturated rings. The zero-order chi connectivity index (χ0) is 14.2. The van der Waals surface area contributed by atoms with Gasteiger partial charge >= 0.3 is 0 Å². The molecule has 4 rings (SSSR count). The fraction of sp³-hybridized carbons (Fsp3) is 0.647. The molecular formula is C17H23NO3. The van der Waals surface area contributed by atoms with Crippen LogP contribution >= 0.6 is 0 Å². The van der Waals surface area contributed by atoms with E-state index in [1.165, 1.54) is 25.7 Å². The molecule has 0 amide bonds. The highest BCUT2D eigenvalue weighted by Crippen LogP contribution is 2.47. The average molecular weight is 289 g/mol. The van der Waals surface area contributed by atoms with Crippen molar-refractivity contribution in [3.63, 3.8) is 0 Å². The van der Waals surface area contributed by atoms with E-state index in [1.54, 1.807) is 0 Å². The van der Waals surface area contributed by atoms with Gasteiger partial charge in [0, 0.05) is 6.54 Å². The van der Waals surface area contributed by atoms with E-state index in [2.05, 4.69) is 5.32 Å². The van der Waals surface area contributed by atoms with E-state index in [9.17, 15) is 5.11 Å². The van der Waals surface area contributed by atoms with Gasteiger partial charge in [-0.25, -0.2) is 0 Å². The number of aliphatic hydroxyl groups excluding tert-OH is 1. The van der Waals surface area contributed by atoms with E-state index >= 15 is 0 Å². The number of fused-ring (bicyclic) bond motifs is 3. The summed E-state index contributed by atoms with van der Waals surface area (Å²) in [5, 5.41) is 13.8. The molecule has 4 atom stereocenters. The topological polar surface area (TPSA) is 50.7 Å². The van der Waals surface area contributed by atoms with Gasteiger partial charge in [0.1, 0.15) is 0 Å².